The first-order valence-corrected chi connectivity index (χ1v) is 10.6. The third-order valence-corrected chi connectivity index (χ3v) is 5.53. The molecule has 2 heterocycles. The molecular formula is C23H26N6O3. The fourth-order valence-corrected chi connectivity index (χ4v) is 4.11. The second-order valence-electron chi connectivity index (χ2n) is 9.03. The zero-order valence-electron chi connectivity index (χ0n) is 18.5. The van der Waals surface area contributed by atoms with Gasteiger partial charge in [-0.15, -0.1) is 0 Å². The molecule has 0 spiro atoms. The van der Waals surface area contributed by atoms with E-state index in [1.807, 2.05) is 12.1 Å². The maximum absolute atomic E-state index is 13.3. The summed E-state index contributed by atoms with van der Waals surface area (Å²) < 4.78 is 5.53. The van der Waals surface area contributed by atoms with Crippen molar-refractivity contribution in [3.63, 3.8) is 0 Å². The molecule has 166 valence electrons. The summed E-state index contributed by atoms with van der Waals surface area (Å²) in [4.78, 5) is 29.2. The lowest BCUT2D eigenvalue weighted by Gasteiger charge is -2.30. The van der Waals surface area contributed by atoms with Crippen LogP contribution >= 0.6 is 0 Å². The molecule has 2 aliphatic heterocycles. The molecular weight excluding hydrogens is 408 g/mol. The number of carbonyl (C=O) groups excluding carboxylic acids is 2. The van der Waals surface area contributed by atoms with Crippen molar-refractivity contribution >= 4 is 17.7 Å². The number of anilines is 1. The Bertz CT molecular complexity index is 1030. The number of nitriles is 3. The molecule has 2 fully saturated rings. The molecule has 32 heavy (non-hydrogen) atoms. The first-order chi connectivity index (χ1) is 15.2. The minimum atomic E-state index is -0.745. The first kappa shape index (κ1) is 22.9. The Labute approximate surface area is 187 Å². The maximum Gasteiger partial charge on any atom is 0.411 e. The fraction of sp³-hybridized carbons (Fsp3) is 0.522. The molecule has 2 saturated heterocycles. The number of carbonyl (C=O) groups is 2. The van der Waals surface area contributed by atoms with Gasteiger partial charge in [0.2, 0.25) is 5.91 Å². The van der Waals surface area contributed by atoms with E-state index in [-0.39, 0.29) is 29.6 Å². The smallest absolute Gasteiger partial charge is 0.411 e. The molecule has 0 aliphatic carbocycles. The summed E-state index contributed by atoms with van der Waals surface area (Å²) in [5.41, 5.74) is 0.442. The Morgan fingerprint density at radius 1 is 1.12 bits per heavy atom. The number of benzene rings is 1. The van der Waals surface area contributed by atoms with Gasteiger partial charge < -0.3 is 15.0 Å². The summed E-state index contributed by atoms with van der Waals surface area (Å²) in [5, 5.41) is 31.0. The predicted molar refractivity (Wildman–Crippen MR) is 115 cm³/mol. The van der Waals surface area contributed by atoms with E-state index >= 15 is 0 Å². The summed E-state index contributed by atoms with van der Waals surface area (Å²) >= 11 is 0. The minimum Gasteiger partial charge on any atom is -0.444 e. The number of amides is 2. The third kappa shape index (κ3) is 4.92. The number of rotatable bonds is 3. The molecule has 0 radical (unpaired) electrons. The van der Waals surface area contributed by atoms with Crippen LogP contribution < -0.4 is 5.32 Å². The van der Waals surface area contributed by atoms with E-state index < -0.39 is 23.8 Å². The highest BCUT2D eigenvalue weighted by molar-refractivity contribution is 5.87. The van der Waals surface area contributed by atoms with Crippen LogP contribution in [0.2, 0.25) is 0 Å². The number of likely N-dealkylation sites (tertiary alicyclic amines) is 2. The van der Waals surface area contributed by atoms with E-state index in [1.165, 1.54) is 4.90 Å². The van der Waals surface area contributed by atoms with Crippen LogP contribution in [-0.2, 0) is 9.53 Å². The zero-order chi connectivity index (χ0) is 23.5. The summed E-state index contributed by atoms with van der Waals surface area (Å²) in [7, 11) is 0. The number of hydrogen-bond donors (Lipinski definition) is 1. The van der Waals surface area contributed by atoms with Crippen LogP contribution in [0.1, 0.15) is 51.2 Å². The maximum atomic E-state index is 13.3. The lowest BCUT2D eigenvalue weighted by atomic mass is 10.1. The van der Waals surface area contributed by atoms with Crippen molar-refractivity contribution in [2.75, 3.05) is 18.4 Å². The molecule has 9 heteroatoms. The number of hydrogen-bond acceptors (Lipinski definition) is 7. The second-order valence-corrected chi connectivity index (χ2v) is 9.03. The van der Waals surface area contributed by atoms with Gasteiger partial charge in [-0.3, -0.25) is 9.69 Å². The summed E-state index contributed by atoms with van der Waals surface area (Å²) in [6.07, 6.45) is 1.15. The molecule has 3 atom stereocenters. The Hall–Kier alpha value is -3.77. The molecule has 2 amide bonds. The van der Waals surface area contributed by atoms with E-state index in [4.69, 9.17) is 10.00 Å². The molecule has 0 saturated carbocycles. The van der Waals surface area contributed by atoms with E-state index in [2.05, 4.69) is 11.4 Å². The van der Waals surface area contributed by atoms with Gasteiger partial charge in [-0.2, -0.15) is 15.8 Å². The third-order valence-electron chi connectivity index (χ3n) is 5.53. The van der Waals surface area contributed by atoms with Gasteiger partial charge in [0.25, 0.3) is 0 Å². The van der Waals surface area contributed by atoms with Crippen LogP contribution in [0.4, 0.5) is 10.5 Å². The monoisotopic (exact) mass is 434 g/mol. The highest BCUT2D eigenvalue weighted by Crippen LogP contribution is 2.28. The van der Waals surface area contributed by atoms with Gasteiger partial charge in [-0.25, -0.2) is 4.79 Å². The van der Waals surface area contributed by atoms with Crippen LogP contribution in [0, 0.1) is 34.0 Å². The number of ether oxygens (including phenoxy) is 1. The SMILES string of the molecule is CC(C)(C)OC(=O)N1C[C@@H](Nc2ccc(C#N)c(C#N)c2)C[C@H]1C(=O)N1CCCC1C#N. The Kier molecular flexibility index (Phi) is 6.55. The summed E-state index contributed by atoms with van der Waals surface area (Å²) in [5.74, 6) is -0.248. The first-order valence-electron chi connectivity index (χ1n) is 10.6. The van der Waals surface area contributed by atoms with E-state index in [9.17, 15) is 20.1 Å². The molecule has 2 aliphatic rings. The molecule has 1 N–H and O–H groups in total. The highest BCUT2D eigenvalue weighted by atomic mass is 16.6. The van der Waals surface area contributed by atoms with Crippen molar-refractivity contribution in [1.82, 2.24) is 9.80 Å². The van der Waals surface area contributed by atoms with Crippen molar-refractivity contribution in [2.24, 2.45) is 0 Å². The summed E-state index contributed by atoms with van der Waals surface area (Å²) in [6.45, 7) is 6.02. The predicted octanol–water partition coefficient (Wildman–Crippen LogP) is 2.73. The highest BCUT2D eigenvalue weighted by Gasteiger charge is 2.45. The Morgan fingerprint density at radius 3 is 2.47 bits per heavy atom. The van der Waals surface area contributed by atoms with Gasteiger partial charge in [0.15, 0.2) is 0 Å². The topological polar surface area (TPSA) is 133 Å². The van der Waals surface area contributed by atoms with Gasteiger partial charge in [0.05, 0.1) is 17.2 Å². The van der Waals surface area contributed by atoms with Gasteiger partial charge in [0.1, 0.15) is 29.8 Å². The van der Waals surface area contributed by atoms with Crippen LogP contribution in [-0.4, -0.2) is 58.6 Å². The average molecular weight is 435 g/mol. The fourth-order valence-electron chi connectivity index (χ4n) is 4.11. The van der Waals surface area contributed by atoms with Crippen molar-refractivity contribution in [2.45, 2.75) is 63.8 Å². The summed E-state index contributed by atoms with van der Waals surface area (Å²) in [6, 6.07) is 9.50. The molecule has 1 aromatic rings. The van der Waals surface area contributed by atoms with E-state index in [1.54, 1.807) is 43.9 Å². The normalized spacial score (nSPS) is 22.6. The second kappa shape index (κ2) is 9.16. The number of nitrogens with one attached hydrogen (secondary N) is 1. The van der Waals surface area contributed by atoms with Gasteiger partial charge >= 0.3 is 6.09 Å². The Balaban J connectivity index is 1.82. The Morgan fingerprint density at radius 2 is 1.84 bits per heavy atom. The minimum absolute atomic E-state index is 0.234. The van der Waals surface area contributed by atoms with Gasteiger partial charge in [0, 0.05) is 24.8 Å². The molecule has 1 unspecified atom stereocenters. The average Bonchev–Trinajstić information content (AvgIpc) is 3.39. The van der Waals surface area contributed by atoms with Crippen molar-refractivity contribution in [3.8, 4) is 18.2 Å². The lowest BCUT2D eigenvalue weighted by molar-refractivity contribution is -0.135. The largest absolute Gasteiger partial charge is 0.444 e. The van der Waals surface area contributed by atoms with E-state index in [0.717, 1.165) is 6.42 Å². The van der Waals surface area contributed by atoms with Crippen LogP contribution in [0.3, 0.4) is 0 Å². The van der Waals surface area contributed by atoms with Crippen LogP contribution in [0.25, 0.3) is 0 Å². The van der Waals surface area contributed by atoms with Gasteiger partial charge in [-0.1, -0.05) is 0 Å². The van der Waals surface area contributed by atoms with Crippen molar-refractivity contribution in [1.29, 1.82) is 15.8 Å². The quantitative estimate of drug-likeness (QED) is 0.773. The molecule has 0 aromatic heterocycles. The lowest BCUT2D eigenvalue weighted by Crippen LogP contribution is -2.50. The van der Waals surface area contributed by atoms with Crippen LogP contribution in [0.15, 0.2) is 18.2 Å². The van der Waals surface area contributed by atoms with Crippen LogP contribution in [0.5, 0.6) is 0 Å². The van der Waals surface area contributed by atoms with Gasteiger partial charge in [-0.05, 0) is 58.2 Å². The zero-order valence-corrected chi connectivity index (χ0v) is 18.5. The molecule has 0 bridgehead atoms. The van der Waals surface area contributed by atoms with Crippen molar-refractivity contribution < 1.29 is 14.3 Å². The molecule has 3 rings (SSSR count). The van der Waals surface area contributed by atoms with E-state index in [0.29, 0.717) is 25.1 Å². The number of nitrogens with zero attached hydrogens (tertiary/aromatic N) is 5. The molecule has 9 nitrogen and oxygen atoms in total. The molecule has 1 aromatic carbocycles. The standard InChI is InChI=1S/C23H26N6O3/c1-23(2,3)32-22(31)29-14-18(27-17-7-6-15(11-24)16(9-17)12-25)10-20(29)21(30)28-8-4-5-19(28)13-26/h6-7,9,18-20,27H,4-5,8,10,14H2,1-3H3/t18-,19?,20-/m0/s1. The van der Waals surface area contributed by atoms with Crippen molar-refractivity contribution in [3.05, 3.63) is 29.3 Å².